The number of benzene rings is 1. The number of nitrogens with one attached hydrogen (secondary N) is 1. The van der Waals surface area contributed by atoms with Gasteiger partial charge in [-0.05, 0) is 26.1 Å². The fourth-order valence-corrected chi connectivity index (χ4v) is 1.46. The molecule has 0 saturated heterocycles. The van der Waals surface area contributed by atoms with Crippen LogP contribution in [0.1, 0.15) is 17.3 Å². The molecule has 0 fully saturated rings. The lowest BCUT2D eigenvalue weighted by Gasteiger charge is -2.17. The van der Waals surface area contributed by atoms with E-state index in [1.54, 1.807) is 36.2 Å². The van der Waals surface area contributed by atoms with Crippen molar-refractivity contribution in [1.29, 1.82) is 0 Å². The predicted molar refractivity (Wildman–Crippen MR) is 80.8 cm³/mol. The smallest absolute Gasteiger partial charge is 0.260 e. The summed E-state index contributed by atoms with van der Waals surface area (Å²) in [4.78, 5) is 24.6. The SMILES string of the molecule is CNCCN(C)C(=O)COc1cccc(C(C)=O)c1.Cl. The number of ketones is 1. The van der Waals surface area contributed by atoms with Crippen LogP contribution in [0.5, 0.6) is 5.75 Å². The molecule has 0 heterocycles. The average molecular weight is 301 g/mol. The van der Waals surface area contributed by atoms with E-state index in [0.29, 0.717) is 17.9 Å². The second-order valence-corrected chi connectivity index (χ2v) is 4.29. The predicted octanol–water partition coefficient (Wildman–Crippen LogP) is 1.37. The minimum absolute atomic E-state index is 0. The molecule has 112 valence electrons. The van der Waals surface area contributed by atoms with E-state index in [1.165, 1.54) is 6.92 Å². The highest BCUT2D eigenvalue weighted by Crippen LogP contribution is 2.13. The molecule has 0 aliphatic carbocycles. The average Bonchev–Trinajstić information content (AvgIpc) is 2.42. The summed E-state index contributed by atoms with van der Waals surface area (Å²) in [6, 6.07) is 6.83. The van der Waals surface area contributed by atoms with E-state index in [4.69, 9.17) is 4.74 Å². The van der Waals surface area contributed by atoms with Gasteiger partial charge in [0.1, 0.15) is 5.75 Å². The van der Waals surface area contributed by atoms with Crippen LogP contribution in [0.15, 0.2) is 24.3 Å². The van der Waals surface area contributed by atoms with Crippen LogP contribution < -0.4 is 10.1 Å². The molecular weight excluding hydrogens is 280 g/mol. The van der Waals surface area contributed by atoms with Gasteiger partial charge in [-0.1, -0.05) is 12.1 Å². The summed E-state index contributed by atoms with van der Waals surface area (Å²) in [6.07, 6.45) is 0. The van der Waals surface area contributed by atoms with Crippen molar-refractivity contribution >= 4 is 24.1 Å². The first-order chi connectivity index (χ1) is 9.04. The van der Waals surface area contributed by atoms with Crippen LogP contribution in [0.3, 0.4) is 0 Å². The third-order valence-electron chi connectivity index (χ3n) is 2.73. The van der Waals surface area contributed by atoms with E-state index in [1.807, 2.05) is 7.05 Å². The molecule has 0 aliphatic heterocycles. The Morgan fingerprint density at radius 3 is 2.65 bits per heavy atom. The lowest BCUT2D eigenvalue weighted by molar-refractivity contribution is -0.131. The third kappa shape index (κ3) is 6.04. The molecule has 0 spiro atoms. The van der Waals surface area contributed by atoms with E-state index in [9.17, 15) is 9.59 Å². The molecule has 1 N–H and O–H groups in total. The monoisotopic (exact) mass is 300 g/mol. The van der Waals surface area contributed by atoms with E-state index >= 15 is 0 Å². The maximum absolute atomic E-state index is 11.7. The van der Waals surface area contributed by atoms with Gasteiger partial charge in [0, 0.05) is 25.7 Å². The molecule has 1 aromatic carbocycles. The molecule has 6 heteroatoms. The fraction of sp³-hybridized carbons (Fsp3) is 0.429. The molecule has 0 atom stereocenters. The van der Waals surface area contributed by atoms with Crippen molar-refractivity contribution in [2.24, 2.45) is 0 Å². The summed E-state index contributed by atoms with van der Waals surface area (Å²) < 4.78 is 5.40. The highest BCUT2D eigenvalue weighted by Gasteiger charge is 2.09. The Labute approximate surface area is 125 Å². The maximum atomic E-state index is 11.7. The molecule has 1 rings (SSSR count). The minimum Gasteiger partial charge on any atom is -0.484 e. The summed E-state index contributed by atoms with van der Waals surface area (Å²) in [5.41, 5.74) is 0.577. The third-order valence-corrected chi connectivity index (χ3v) is 2.73. The molecule has 0 aliphatic rings. The molecule has 0 bridgehead atoms. The summed E-state index contributed by atoms with van der Waals surface area (Å²) in [5.74, 6) is 0.412. The highest BCUT2D eigenvalue weighted by molar-refractivity contribution is 5.94. The molecule has 0 saturated carbocycles. The Hall–Kier alpha value is -1.59. The van der Waals surface area contributed by atoms with Gasteiger partial charge in [-0.2, -0.15) is 0 Å². The maximum Gasteiger partial charge on any atom is 0.260 e. The van der Waals surface area contributed by atoms with Crippen molar-refractivity contribution in [2.45, 2.75) is 6.92 Å². The number of hydrogen-bond acceptors (Lipinski definition) is 4. The number of ether oxygens (including phenoxy) is 1. The van der Waals surface area contributed by atoms with Gasteiger partial charge in [0.25, 0.3) is 5.91 Å². The standard InChI is InChI=1S/C14H20N2O3.ClH/c1-11(17)12-5-4-6-13(9-12)19-10-14(18)16(3)8-7-15-2;/h4-6,9,15H,7-8,10H2,1-3H3;1H. The fourth-order valence-electron chi connectivity index (χ4n) is 1.46. The summed E-state index contributed by atoms with van der Waals surface area (Å²) >= 11 is 0. The van der Waals surface area contributed by atoms with Crippen LogP contribution in [-0.4, -0.2) is 50.4 Å². The zero-order valence-electron chi connectivity index (χ0n) is 12.0. The Bertz CT molecular complexity index is 452. The molecule has 1 amide bonds. The Morgan fingerprint density at radius 1 is 1.35 bits per heavy atom. The summed E-state index contributed by atoms with van der Waals surface area (Å²) in [6.45, 7) is 2.84. The molecule has 0 unspecified atom stereocenters. The quantitative estimate of drug-likeness (QED) is 0.773. The number of Topliss-reactive ketones (excluding diaryl/α,β-unsaturated/α-hetero) is 1. The highest BCUT2D eigenvalue weighted by atomic mass is 35.5. The summed E-state index contributed by atoms with van der Waals surface area (Å²) in [5, 5.41) is 2.98. The van der Waals surface area contributed by atoms with Crippen molar-refractivity contribution < 1.29 is 14.3 Å². The second-order valence-electron chi connectivity index (χ2n) is 4.29. The van der Waals surface area contributed by atoms with Crippen LogP contribution in [0.4, 0.5) is 0 Å². The van der Waals surface area contributed by atoms with Crippen molar-refractivity contribution in [1.82, 2.24) is 10.2 Å². The van der Waals surface area contributed by atoms with Gasteiger partial charge in [0.2, 0.25) is 0 Å². The first-order valence-electron chi connectivity index (χ1n) is 6.17. The van der Waals surface area contributed by atoms with Crippen LogP contribution in [0.25, 0.3) is 0 Å². The first kappa shape index (κ1) is 18.4. The molecular formula is C14H21ClN2O3. The zero-order chi connectivity index (χ0) is 14.3. The van der Waals surface area contributed by atoms with E-state index in [2.05, 4.69) is 5.32 Å². The van der Waals surface area contributed by atoms with Crippen LogP contribution in [0.2, 0.25) is 0 Å². The molecule has 1 aromatic rings. The number of likely N-dealkylation sites (N-methyl/N-ethyl adjacent to an activating group) is 2. The number of hydrogen-bond donors (Lipinski definition) is 1. The van der Waals surface area contributed by atoms with Gasteiger partial charge < -0.3 is 15.0 Å². The topological polar surface area (TPSA) is 58.6 Å². The van der Waals surface area contributed by atoms with Crippen molar-refractivity contribution in [3.05, 3.63) is 29.8 Å². The van der Waals surface area contributed by atoms with E-state index in [0.717, 1.165) is 6.54 Å². The first-order valence-corrected chi connectivity index (χ1v) is 6.17. The van der Waals surface area contributed by atoms with Gasteiger partial charge >= 0.3 is 0 Å². The van der Waals surface area contributed by atoms with Crippen LogP contribution >= 0.6 is 12.4 Å². The number of carbonyl (C=O) groups is 2. The number of carbonyl (C=O) groups excluding carboxylic acids is 2. The zero-order valence-corrected chi connectivity index (χ0v) is 12.8. The van der Waals surface area contributed by atoms with Gasteiger partial charge in [-0.3, -0.25) is 9.59 Å². The number of amides is 1. The lowest BCUT2D eigenvalue weighted by Crippen LogP contribution is -2.35. The van der Waals surface area contributed by atoms with Gasteiger partial charge in [-0.25, -0.2) is 0 Å². The van der Waals surface area contributed by atoms with Gasteiger partial charge in [-0.15, -0.1) is 12.4 Å². The largest absolute Gasteiger partial charge is 0.484 e. The van der Waals surface area contributed by atoms with Gasteiger partial charge in [0.05, 0.1) is 0 Å². The van der Waals surface area contributed by atoms with E-state index in [-0.39, 0.29) is 30.7 Å². The molecule has 0 aromatic heterocycles. The lowest BCUT2D eigenvalue weighted by atomic mass is 10.1. The van der Waals surface area contributed by atoms with E-state index < -0.39 is 0 Å². The molecule has 0 radical (unpaired) electrons. The Balaban J connectivity index is 0.00000361. The Morgan fingerprint density at radius 2 is 2.05 bits per heavy atom. The van der Waals surface area contributed by atoms with Crippen molar-refractivity contribution in [3.8, 4) is 5.75 Å². The second kappa shape index (κ2) is 9.34. The number of halogens is 1. The minimum atomic E-state index is -0.0940. The van der Waals surface area contributed by atoms with Crippen LogP contribution in [0, 0.1) is 0 Å². The van der Waals surface area contributed by atoms with Crippen molar-refractivity contribution in [3.63, 3.8) is 0 Å². The van der Waals surface area contributed by atoms with Crippen molar-refractivity contribution in [2.75, 3.05) is 33.8 Å². The Kier molecular flexibility index (Phi) is 8.59. The number of nitrogens with zero attached hydrogens (tertiary/aromatic N) is 1. The summed E-state index contributed by atoms with van der Waals surface area (Å²) in [7, 11) is 3.57. The number of rotatable bonds is 7. The van der Waals surface area contributed by atoms with Gasteiger partial charge in [0.15, 0.2) is 12.4 Å². The van der Waals surface area contributed by atoms with Crippen LogP contribution in [-0.2, 0) is 4.79 Å². The normalized spacial score (nSPS) is 9.55. The molecule has 20 heavy (non-hydrogen) atoms. The molecule has 5 nitrogen and oxygen atoms in total.